The number of carbonyl (C=O) groups is 2. The fourth-order valence-electron chi connectivity index (χ4n) is 3.35. The second-order valence-corrected chi connectivity index (χ2v) is 7.80. The number of nitrogens with zero attached hydrogens (tertiary/aromatic N) is 1. The zero-order chi connectivity index (χ0) is 15.2. The predicted molar refractivity (Wildman–Crippen MR) is 76.3 cm³/mol. The molecule has 0 radical (unpaired) electrons. The van der Waals surface area contributed by atoms with Crippen molar-refractivity contribution < 1.29 is 14.3 Å². The Labute approximate surface area is 121 Å². The lowest BCUT2D eigenvalue weighted by Gasteiger charge is -2.39. The molecular formula is C15H26N2O3. The van der Waals surface area contributed by atoms with E-state index in [1.165, 1.54) is 0 Å². The van der Waals surface area contributed by atoms with E-state index in [-0.39, 0.29) is 17.5 Å². The Kier molecular flexibility index (Phi) is 3.51. The molecule has 2 aliphatic rings. The van der Waals surface area contributed by atoms with Crippen LogP contribution in [0.2, 0.25) is 0 Å². The van der Waals surface area contributed by atoms with Crippen LogP contribution in [-0.2, 0) is 9.53 Å². The lowest BCUT2D eigenvalue weighted by molar-refractivity contribution is -0.130. The molecule has 0 aromatic rings. The highest BCUT2D eigenvalue weighted by Crippen LogP contribution is 2.42. The number of piperidine rings is 1. The van der Waals surface area contributed by atoms with Crippen molar-refractivity contribution in [1.82, 2.24) is 10.2 Å². The largest absolute Gasteiger partial charge is 0.444 e. The van der Waals surface area contributed by atoms with E-state index in [1.54, 1.807) is 4.90 Å². The highest BCUT2D eigenvalue weighted by Gasteiger charge is 2.52. The first-order valence-corrected chi connectivity index (χ1v) is 7.34. The summed E-state index contributed by atoms with van der Waals surface area (Å²) in [5.74, 6) is 0.0794. The lowest BCUT2D eigenvalue weighted by Crippen LogP contribution is -2.50. The minimum Gasteiger partial charge on any atom is -0.444 e. The zero-order valence-electron chi connectivity index (χ0n) is 13.2. The summed E-state index contributed by atoms with van der Waals surface area (Å²) in [5, 5.41) is 3.04. The van der Waals surface area contributed by atoms with Crippen molar-refractivity contribution in [3.63, 3.8) is 0 Å². The Morgan fingerprint density at radius 3 is 2.50 bits per heavy atom. The maximum atomic E-state index is 12.3. The van der Waals surface area contributed by atoms with Crippen LogP contribution in [0, 0.1) is 5.41 Å². The first kappa shape index (κ1) is 15.1. The van der Waals surface area contributed by atoms with Crippen LogP contribution in [-0.4, -0.2) is 41.1 Å². The third kappa shape index (κ3) is 3.07. The van der Waals surface area contributed by atoms with Gasteiger partial charge in [-0.1, -0.05) is 0 Å². The molecule has 2 fully saturated rings. The van der Waals surface area contributed by atoms with E-state index < -0.39 is 11.0 Å². The molecule has 1 spiro atoms. The highest BCUT2D eigenvalue weighted by atomic mass is 16.6. The SMILES string of the molecule is CC1(C)CC2(CCCN(C(=O)OC(C)(C)C)C2)C(=O)N1. The molecule has 2 saturated heterocycles. The van der Waals surface area contributed by atoms with E-state index in [0.717, 1.165) is 19.3 Å². The van der Waals surface area contributed by atoms with E-state index in [1.807, 2.05) is 34.6 Å². The van der Waals surface area contributed by atoms with Crippen LogP contribution >= 0.6 is 0 Å². The fourth-order valence-corrected chi connectivity index (χ4v) is 3.35. The normalized spacial score (nSPS) is 29.4. The molecule has 1 unspecified atom stereocenters. The molecule has 2 rings (SSSR count). The van der Waals surface area contributed by atoms with E-state index in [0.29, 0.717) is 13.1 Å². The highest BCUT2D eigenvalue weighted by molar-refractivity contribution is 5.87. The number of carbonyl (C=O) groups excluding carboxylic acids is 2. The van der Waals surface area contributed by atoms with Gasteiger partial charge in [-0.25, -0.2) is 4.79 Å². The standard InChI is InChI=1S/C15H26N2O3/c1-13(2,3)20-12(19)17-8-6-7-15(10-17)9-14(4,5)16-11(15)18/h6-10H2,1-5H3,(H,16,18). The Bertz CT molecular complexity index is 425. The molecule has 0 bridgehead atoms. The van der Waals surface area contributed by atoms with Gasteiger partial charge < -0.3 is 15.0 Å². The Morgan fingerprint density at radius 1 is 1.35 bits per heavy atom. The van der Waals surface area contributed by atoms with Crippen molar-refractivity contribution in [2.75, 3.05) is 13.1 Å². The van der Waals surface area contributed by atoms with E-state index in [4.69, 9.17) is 4.74 Å². The van der Waals surface area contributed by atoms with Gasteiger partial charge in [-0.05, 0) is 53.9 Å². The van der Waals surface area contributed by atoms with Gasteiger partial charge in [0.15, 0.2) is 0 Å². The number of hydrogen-bond acceptors (Lipinski definition) is 3. The molecule has 5 nitrogen and oxygen atoms in total. The molecule has 1 atom stereocenters. The molecule has 0 aliphatic carbocycles. The Balaban J connectivity index is 2.09. The van der Waals surface area contributed by atoms with Crippen molar-refractivity contribution >= 4 is 12.0 Å². The topological polar surface area (TPSA) is 58.6 Å². The molecule has 1 N–H and O–H groups in total. The third-order valence-corrected chi connectivity index (χ3v) is 3.94. The van der Waals surface area contributed by atoms with Crippen molar-refractivity contribution in [1.29, 1.82) is 0 Å². The number of likely N-dealkylation sites (tertiary alicyclic amines) is 1. The van der Waals surface area contributed by atoms with Crippen LogP contribution in [0.4, 0.5) is 4.79 Å². The van der Waals surface area contributed by atoms with Crippen LogP contribution in [0.3, 0.4) is 0 Å². The quantitative estimate of drug-likeness (QED) is 0.741. The molecule has 0 aromatic heterocycles. The molecular weight excluding hydrogens is 256 g/mol. The first-order valence-electron chi connectivity index (χ1n) is 7.34. The minimum atomic E-state index is -0.501. The molecule has 5 heteroatoms. The van der Waals surface area contributed by atoms with Crippen LogP contribution in [0.1, 0.15) is 53.9 Å². The van der Waals surface area contributed by atoms with Crippen LogP contribution in [0.5, 0.6) is 0 Å². The summed E-state index contributed by atoms with van der Waals surface area (Å²) >= 11 is 0. The monoisotopic (exact) mass is 282 g/mol. The summed E-state index contributed by atoms with van der Waals surface area (Å²) in [6.07, 6.45) is 2.16. The van der Waals surface area contributed by atoms with Crippen LogP contribution in [0.25, 0.3) is 0 Å². The summed E-state index contributed by atoms with van der Waals surface area (Å²) in [5.41, 5.74) is -1.12. The van der Waals surface area contributed by atoms with Gasteiger partial charge >= 0.3 is 6.09 Å². The van der Waals surface area contributed by atoms with Gasteiger partial charge in [-0.15, -0.1) is 0 Å². The van der Waals surface area contributed by atoms with Gasteiger partial charge in [0.05, 0.1) is 5.41 Å². The number of ether oxygens (including phenoxy) is 1. The van der Waals surface area contributed by atoms with Crippen LogP contribution in [0.15, 0.2) is 0 Å². The molecule has 2 heterocycles. The molecule has 2 aliphatic heterocycles. The van der Waals surface area contributed by atoms with E-state index in [2.05, 4.69) is 5.32 Å². The van der Waals surface area contributed by atoms with Gasteiger partial charge in [-0.2, -0.15) is 0 Å². The summed E-state index contributed by atoms with van der Waals surface area (Å²) in [7, 11) is 0. The number of rotatable bonds is 0. The van der Waals surface area contributed by atoms with Gasteiger partial charge in [0, 0.05) is 18.6 Å². The average Bonchev–Trinajstić information content (AvgIpc) is 2.46. The van der Waals surface area contributed by atoms with Crippen molar-refractivity contribution in [2.45, 2.75) is 65.0 Å². The summed E-state index contributed by atoms with van der Waals surface area (Å²) in [4.78, 5) is 26.2. The maximum Gasteiger partial charge on any atom is 0.410 e. The molecule has 2 amide bonds. The third-order valence-electron chi connectivity index (χ3n) is 3.94. The number of hydrogen-bond donors (Lipinski definition) is 1. The van der Waals surface area contributed by atoms with Crippen LogP contribution < -0.4 is 5.32 Å². The second-order valence-electron chi connectivity index (χ2n) is 7.80. The molecule has 114 valence electrons. The van der Waals surface area contributed by atoms with Crippen molar-refractivity contribution in [3.8, 4) is 0 Å². The smallest absolute Gasteiger partial charge is 0.410 e. The fraction of sp³-hybridized carbons (Fsp3) is 0.867. The predicted octanol–water partition coefficient (Wildman–Crippen LogP) is 2.30. The van der Waals surface area contributed by atoms with Gasteiger partial charge in [-0.3, -0.25) is 4.79 Å². The minimum absolute atomic E-state index is 0.0794. The Hall–Kier alpha value is -1.26. The summed E-state index contributed by atoms with van der Waals surface area (Å²) in [6, 6.07) is 0. The molecule has 0 saturated carbocycles. The second kappa shape index (κ2) is 4.64. The van der Waals surface area contributed by atoms with Gasteiger partial charge in [0.2, 0.25) is 5.91 Å². The van der Waals surface area contributed by atoms with E-state index >= 15 is 0 Å². The van der Waals surface area contributed by atoms with Crippen molar-refractivity contribution in [2.24, 2.45) is 5.41 Å². The number of amides is 2. The summed E-state index contributed by atoms with van der Waals surface area (Å²) in [6.45, 7) is 10.8. The Morgan fingerprint density at radius 2 is 2.00 bits per heavy atom. The van der Waals surface area contributed by atoms with Crippen molar-refractivity contribution in [3.05, 3.63) is 0 Å². The van der Waals surface area contributed by atoms with Gasteiger partial charge in [0.25, 0.3) is 0 Å². The van der Waals surface area contributed by atoms with E-state index in [9.17, 15) is 9.59 Å². The van der Waals surface area contributed by atoms with Gasteiger partial charge in [0.1, 0.15) is 5.60 Å². The first-order chi connectivity index (χ1) is 9.03. The number of nitrogens with one attached hydrogen (secondary N) is 1. The molecule has 0 aromatic carbocycles. The lowest BCUT2D eigenvalue weighted by atomic mass is 9.75. The average molecular weight is 282 g/mol. The molecule has 20 heavy (non-hydrogen) atoms. The maximum absolute atomic E-state index is 12.3. The summed E-state index contributed by atoms with van der Waals surface area (Å²) < 4.78 is 5.42. The zero-order valence-corrected chi connectivity index (χ0v) is 13.2.